The Kier molecular flexibility index (Phi) is 2.49. The van der Waals surface area contributed by atoms with E-state index in [1.165, 1.54) is 0 Å². The minimum Gasteiger partial charge on any atom is -0.259 e. The van der Waals surface area contributed by atoms with E-state index in [4.69, 9.17) is 11.6 Å². The van der Waals surface area contributed by atoms with E-state index in [2.05, 4.69) is 20.9 Å². The molecular weight excluding hydrogens is 201 g/mol. The second kappa shape index (κ2) is 3.18. The molecule has 0 atom stereocenters. The lowest BCUT2D eigenvalue weighted by Gasteiger charge is -1.91. The number of hydrogen-bond acceptors (Lipinski definition) is 1. The minimum atomic E-state index is 0.680. The number of aromatic nitrogens is 1. The first-order chi connectivity index (χ1) is 4.33. The SMILES string of the molecule is Clc1ccc(CBr)nc1. The number of rotatable bonds is 1. The molecule has 0 spiro atoms. The Hall–Kier alpha value is -0.0800. The highest BCUT2D eigenvalue weighted by Gasteiger charge is 1.88. The van der Waals surface area contributed by atoms with Gasteiger partial charge in [0.1, 0.15) is 0 Å². The van der Waals surface area contributed by atoms with Crippen LogP contribution in [0.3, 0.4) is 0 Å². The first-order valence-electron chi connectivity index (χ1n) is 2.49. The van der Waals surface area contributed by atoms with E-state index in [9.17, 15) is 0 Å². The number of alkyl halides is 1. The van der Waals surface area contributed by atoms with Crippen molar-refractivity contribution in [3.05, 3.63) is 29.0 Å². The second-order valence-electron chi connectivity index (χ2n) is 1.60. The van der Waals surface area contributed by atoms with Gasteiger partial charge in [-0.25, -0.2) is 0 Å². The maximum atomic E-state index is 5.59. The molecule has 1 aromatic rings. The third-order valence-electron chi connectivity index (χ3n) is 0.926. The summed E-state index contributed by atoms with van der Waals surface area (Å²) in [4.78, 5) is 4.02. The Balaban J connectivity index is 2.88. The normalized spacial score (nSPS) is 9.56. The van der Waals surface area contributed by atoms with Crippen molar-refractivity contribution in [1.29, 1.82) is 0 Å². The number of hydrogen-bond donors (Lipinski definition) is 0. The van der Waals surface area contributed by atoms with Gasteiger partial charge in [-0.3, -0.25) is 4.98 Å². The summed E-state index contributed by atoms with van der Waals surface area (Å²) < 4.78 is 0. The fourth-order valence-electron chi connectivity index (χ4n) is 0.485. The van der Waals surface area contributed by atoms with Gasteiger partial charge in [0.25, 0.3) is 0 Å². The predicted octanol–water partition coefficient (Wildman–Crippen LogP) is 2.63. The minimum absolute atomic E-state index is 0.680. The maximum absolute atomic E-state index is 5.59. The summed E-state index contributed by atoms with van der Waals surface area (Å²) >= 11 is 8.87. The Morgan fingerprint density at radius 3 is 2.78 bits per heavy atom. The van der Waals surface area contributed by atoms with Gasteiger partial charge >= 0.3 is 0 Å². The van der Waals surface area contributed by atoms with Crippen molar-refractivity contribution < 1.29 is 0 Å². The molecule has 1 aromatic heterocycles. The van der Waals surface area contributed by atoms with E-state index in [0.717, 1.165) is 11.0 Å². The van der Waals surface area contributed by atoms with Gasteiger partial charge in [0.2, 0.25) is 0 Å². The zero-order chi connectivity index (χ0) is 6.69. The average Bonchev–Trinajstić information content (AvgIpc) is 1.90. The van der Waals surface area contributed by atoms with Gasteiger partial charge in [-0.1, -0.05) is 27.5 Å². The zero-order valence-electron chi connectivity index (χ0n) is 4.64. The molecule has 0 aliphatic heterocycles. The van der Waals surface area contributed by atoms with Crippen LogP contribution in [-0.4, -0.2) is 4.98 Å². The van der Waals surface area contributed by atoms with E-state index >= 15 is 0 Å². The van der Waals surface area contributed by atoms with Crippen LogP contribution in [0.25, 0.3) is 0 Å². The van der Waals surface area contributed by atoms with Crippen LogP contribution in [0.2, 0.25) is 5.02 Å². The van der Waals surface area contributed by atoms with Crippen molar-refractivity contribution in [2.24, 2.45) is 0 Å². The lowest BCUT2D eigenvalue weighted by atomic mass is 10.4. The lowest BCUT2D eigenvalue weighted by molar-refractivity contribution is 1.19. The fourth-order valence-corrected chi connectivity index (χ4v) is 0.929. The summed E-state index contributed by atoms with van der Waals surface area (Å²) in [5.41, 5.74) is 0.999. The topological polar surface area (TPSA) is 12.9 Å². The molecule has 0 unspecified atom stereocenters. The van der Waals surface area contributed by atoms with E-state index in [-0.39, 0.29) is 0 Å². The number of pyridine rings is 1. The van der Waals surface area contributed by atoms with E-state index in [1.54, 1.807) is 6.20 Å². The quantitative estimate of drug-likeness (QED) is 0.644. The molecule has 3 heteroatoms. The second-order valence-corrected chi connectivity index (χ2v) is 2.60. The smallest absolute Gasteiger partial charge is 0.0589 e. The molecule has 0 saturated carbocycles. The Morgan fingerprint density at radius 2 is 2.33 bits per heavy atom. The van der Waals surface area contributed by atoms with Crippen LogP contribution in [0.4, 0.5) is 0 Å². The molecule has 9 heavy (non-hydrogen) atoms. The van der Waals surface area contributed by atoms with E-state index in [1.807, 2.05) is 12.1 Å². The molecule has 0 saturated heterocycles. The first kappa shape index (κ1) is 7.03. The van der Waals surface area contributed by atoms with Gasteiger partial charge in [-0.05, 0) is 12.1 Å². The van der Waals surface area contributed by atoms with Crippen molar-refractivity contribution in [2.75, 3.05) is 0 Å². The predicted molar refractivity (Wildman–Crippen MR) is 41.9 cm³/mol. The summed E-state index contributed by atoms with van der Waals surface area (Å²) in [6.45, 7) is 0. The Labute approximate surface area is 67.2 Å². The largest absolute Gasteiger partial charge is 0.259 e. The monoisotopic (exact) mass is 205 g/mol. The van der Waals surface area contributed by atoms with Gasteiger partial charge in [0, 0.05) is 11.5 Å². The van der Waals surface area contributed by atoms with Gasteiger partial charge < -0.3 is 0 Å². The highest BCUT2D eigenvalue weighted by atomic mass is 79.9. The van der Waals surface area contributed by atoms with Crippen molar-refractivity contribution >= 4 is 27.5 Å². The molecule has 48 valence electrons. The molecule has 0 radical (unpaired) electrons. The van der Waals surface area contributed by atoms with Crippen LogP contribution >= 0.6 is 27.5 Å². The molecule has 0 aliphatic carbocycles. The third kappa shape index (κ3) is 1.95. The molecular formula is C6H5BrClN. The molecule has 0 fully saturated rings. The summed E-state index contributed by atoms with van der Waals surface area (Å²) in [5.74, 6) is 0. The van der Waals surface area contributed by atoms with E-state index < -0.39 is 0 Å². The average molecular weight is 206 g/mol. The van der Waals surface area contributed by atoms with E-state index in [0.29, 0.717) is 5.02 Å². The molecule has 0 N–H and O–H groups in total. The van der Waals surface area contributed by atoms with Crippen molar-refractivity contribution in [3.8, 4) is 0 Å². The van der Waals surface area contributed by atoms with Gasteiger partial charge in [-0.15, -0.1) is 0 Å². The van der Waals surface area contributed by atoms with Crippen molar-refractivity contribution in [3.63, 3.8) is 0 Å². The number of halogens is 2. The summed E-state index contributed by atoms with van der Waals surface area (Å²) in [6.07, 6.45) is 1.64. The summed E-state index contributed by atoms with van der Waals surface area (Å²) in [6, 6.07) is 3.71. The molecule has 0 aliphatic rings. The first-order valence-corrected chi connectivity index (χ1v) is 3.99. The summed E-state index contributed by atoms with van der Waals surface area (Å²) in [5, 5.41) is 1.46. The maximum Gasteiger partial charge on any atom is 0.0589 e. The van der Waals surface area contributed by atoms with Crippen LogP contribution in [0.1, 0.15) is 5.69 Å². The van der Waals surface area contributed by atoms with Crippen LogP contribution < -0.4 is 0 Å². The van der Waals surface area contributed by atoms with Crippen molar-refractivity contribution in [2.45, 2.75) is 5.33 Å². The van der Waals surface area contributed by atoms with Crippen LogP contribution in [0.5, 0.6) is 0 Å². The van der Waals surface area contributed by atoms with Gasteiger partial charge in [0.05, 0.1) is 10.7 Å². The molecule has 0 bridgehead atoms. The summed E-state index contributed by atoms with van der Waals surface area (Å²) in [7, 11) is 0. The Morgan fingerprint density at radius 1 is 1.56 bits per heavy atom. The number of nitrogens with zero attached hydrogens (tertiary/aromatic N) is 1. The molecule has 0 aromatic carbocycles. The van der Waals surface area contributed by atoms with Gasteiger partial charge in [-0.2, -0.15) is 0 Å². The highest BCUT2D eigenvalue weighted by Crippen LogP contribution is 2.07. The van der Waals surface area contributed by atoms with Crippen LogP contribution in [0, 0.1) is 0 Å². The standard InChI is InChI=1S/C6H5BrClN/c7-3-6-2-1-5(8)4-9-6/h1-2,4H,3H2. The highest BCUT2D eigenvalue weighted by molar-refractivity contribution is 9.08. The fraction of sp³-hybridized carbons (Fsp3) is 0.167. The van der Waals surface area contributed by atoms with Crippen LogP contribution in [0.15, 0.2) is 18.3 Å². The lowest BCUT2D eigenvalue weighted by Crippen LogP contribution is -1.80. The Bertz CT molecular complexity index is 185. The van der Waals surface area contributed by atoms with Crippen molar-refractivity contribution in [1.82, 2.24) is 4.98 Å². The van der Waals surface area contributed by atoms with Crippen LogP contribution in [-0.2, 0) is 5.33 Å². The zero-order valence-corrected chi connectivity index (χ0v) is 6.98. The molecule has 1 nitrogen and oxygen atoms in total. The molecule has 1 rings (SSSR count). The molecule has 1 heterocycles. The molecule has 0 amide bonds. The van der Waals surface area contributed by atoms with Gasteiger partial charge in [0.15, 0.2) is 0 Å². The third-order valence-corrected chi connectivity index (χ3v) is 1.72.